The predicted octanol–water partition coefficient (Wildman–Crippen LogP) is 0.162. The van der Waals surface area contributed by atoms with E-state index < -0.39 is 57.2 Å². The maximum Gasteiger partial charge on any atom is 0.264 e. The Morgan fingerprint density at radius 2 is 1.54 bits per heavy atom. The van der Waals surface area contributed by atoms with Gasteiger partial charge < -0.3 is 18.9 Å². The molecule has 2 aliphatic rings. The summed E-state index contributed by atoms with van der Waals surface area (Å²) in [6, 6.07) is 8.99. The Kier molecular flexibility index (Phi) is 6.41. The van der Waals surface area contributed by atoms with Crippen LogP contribution in [0.3, 0.4) is 0 Å². The fraction of sp³-hybridized carbons (Fsp3) is 0.625. The lowest BCUT2D eigenvalue weighted by molar-refractivity contribution is -0.351. The fourth-order valence-electron chi connectivity index (χ4n) is 3.13. The van der Waals surface area contributed by atoms with Crippen LogP contribution in [0.2, 0.25) is 0 Å². The van der Waals surface area contributed by atoms with E-state index in [1.165, 1.54) is 7.11 Å². The van der Waals surface area contributed by atoms with E-state index in [1.807, 2.05) is 6.07 Å². The molecule has 2 aliphatic heterocycles. The van der Waals surface area contributed by atoms with Crippen molar-refractivity contribution in [2.75, 3.05) is 26.2 Å². The van der Waals surface area contributed by atoms with Gasteiger partial charge in [0, 0.05) is 12.7 Å². The van der Waals surface area contributed by atoms with Crippen LogP contribution in [-0.2, 0) is 47.5 Å². The molecule has 0 saturated carbocycles. The van der Waals surface area contributed by atoms with Gasteiger partial charge in [0.1, 0.15) is 18.3 Å². The molecule has 0 aromatic heterocycles. The summed E-state index contributed by atoms with van der Waals surface area (Å²) >= 11 is 0. The summed E-state index contributed by atoms with van der Waals surface area (Å²) in [5.41, 5.74) is 0.702. The van der Waals surface area contributed by atoms with Gasteiger partial charge in [-0.3, -0.25) is 8.37 Å². The quantitative estimate of drug-likeness (QED) is 0.567. The standard InChI is InChI=1S/C16H22O10S2/c1-21-16-14(26-28(3,19)20)13(25-27(2,17)18)12-11(23-16)9-22-15(24-12)10-7-5-4-6-8-10/h4-8,11-16H,9H2,1-3H3/t11-,12-,13+,14-,15-,16+/m1/s1. The van der Waals surface area contributed by atoms with Crippen molar-refractivity contribution in [1.82, 2.24) is 0 Å². The van der Waals surface area contributed by atoms with E-state index in [1.54, 1.807) is 24.3 Å². The zero-order chi connectivity index (χ0) is 20.5. The average Bonchev–Trinajstić information content (AvgIpc) is 2.61. The first-order valence-corrected chi connectivity index (χ1v) is 12.0. The highest BCUT2D eigenvalue weighted by atomic mass is 32.2. The van der Waals surface area contributed by atoms with Crippen LogP contribution in [0.5, 0.6) is 0 Å². The molecule has 1 aromatic carbocycles. The number of rotatable bonds is 6. The van der Waals surface area contributed by atoms with Gasteiger partial charge in [0.2, 0.25) is 0 Å². The Morgan fingerprint density at radius 1 is 0.929 bits per heavy atom. The van der Waals surface area contributed by atoms with Gasteiger partial charge in [-0.2, -0.15) is 16.8 Å². The van der Waals surface area contributed by atoms with Crippen molar-refractivity contribution in [3.8, 4) is 0 Å². The minimum atomic E-state index is -3.98. The van der Waals surface area contributed by atoms with E-state index in [2.05, 4.69) is 0 Å². The third kappa shape index (κ3) is 5.27. The molecule has 28 heavy (non-hydrogen) atoms. The second-order valence-corrected chi connectivity index (χ2v) is 9.69. The van der Waals surface area contributed by atoms with Crippen molar-refractivity contribution in [2.45, 2.75) is 37.0 Å². The van der Waals surface area contributed by atoms with Crippen LogP contribution in [0, 0.1) is 0 Å². The molecule has 2 saturated heterocycles. The van der Waals surface area contributed by atoms with Crippen LogP contribution in [-0.4, -0.2) is 73.8 Å². The zero-order valence-electron chi connectivity index (χ0n) is 15.5. The molecule has 0 unspecified atom stereocenters. The van der Waals surface area contributed by atoms with Gasteiger partial charge in [-0.05, 0) is 0 Å². The highest BCUT2D eigenvalue weighted by molar-refractivity contribution is 7.86. The molecule has 0 radical (unpaired) electrons. The van der Waals surface area contributed by atoms with Gasteiger partial charge >= 0.3 is 0 Å². The lowest BCUT2D eigenvalue weighted by Crippen LogP contribution is -2.64. The van der Waals surface area contributed by atoms with E-state index in [0.717, 1.165) is 12.5 Å². The van der Waals surface area contributed by atoms with Crippen molar-refractivity contribution in [3.05, 3.63) is 35.9 Å². The number of benzene rings is 1. The average molecular weight is 438 g/mol. The molecule has 0 aliphatic carbocycles. The van der Waals surface area contributed by atoms with Crippen molar-refractivity contribution in [1.29, 1.82) is 0 Å². The van der Waals surface area contributed by atoms with Crippen LogP contribution in [0.25, 0.3) is 0 Å². The summed E-state index contributed by atoms with van der Waals surface area (Å²) < 4.78 is 79.7. The van der Waals surface area contributed by atoms with Crippen LogP contribution in [0.15, 0.2) is 30.3 Å². The second kappa shape index (κ2) is 8.32. The molecular weight excluding hydrogens is 416 g/mol. The van der Waals surface area contributed by atoms with E-state index in [4.69, 9.17) is 27.3 Å². The van der Waals surface area contributed by atoms with Crippen molar-refractivity contribution < 1.29 is 44.1 Å². The Morgan fingerprint density at radius 3 is 2.11 bits per heavy atom. The van der Waals surface area contributed by atoms with Gasteiger partial charge in [-0.15, -0.1) is 0 Å². The highest BCUT2D eigenvalue weighted by Crippen LogP contribution is 2.37. The summed E-state index contributed by atoms with van der Waals surface area (Å²) in [5.74, 6) is 0. The van der Waals surface area contributed by atoms with E-state index in [0.29, 0.717) is 5.56 Å². The van der Waals surface area contributed by atoms with Crippen molar-refractivity contribution >= 4 is 20.2 Å². The van der Waals surface area contributed by atoms with E-state index >= 15 is 0 Å². The summed E-state index contributed by atoms with van der Waals surface area (Å²) in [7, 11) is -6.69. The molecule has 2 heterocycles. The SMILES string of the molecule is CO[C@H]1O[C@@H]2CO[C@@H](c3ccccc3)O[C@H]2[C@H](OS(C)(=O)=O)[C@H]1OS(C)(=O)=O. The molecule has 12 heteroatoms. The first-order chi connectivity index (χ1) is 13.1. The molecule has 1 aromatic rings. The summed E-state index contributed by atoms with van der Waals surface area (Å²) in [4.78, 5) is 0. The Hall–Kier alpha value is -1.12. The maximum absolute atomic E-state index is 11.8. The topological polar surface area (TPSA) is 124 Å². The predicted molar refractivity (Wildman–Crippen MR) is 95.1 cm³/mol. The van der Waals surface area contributed by atoms with Crippen LogP contribution >= 0.6 is 0 Å². The van der Waals surface area contributed by atoms with E-state index in [-0.39, 0.29) is 6.61 Å². The highest BCUT2D eigenvalue weighted by Gasteiger charge is 2.54. The van der Waals surface area contributed by atoms with Crippen molar-refractivity contribution in [3.63, 3.8) is 0 Å². The summed E-state index contributed by atoms with van der Waals surface area (Å²) in [5, 5.41) is 0. The van der Waals surface area contributed by atoms with E-state index in [9.17, 15) is 16.8 Å². The number of hydrogen-bond acceptors (Lipinski definition) is 10. The summed E-state index contributed by atoms with van der Waals surface area (Å²) in [6.45, 7) is 0.0549. The number of ether oxygens (including phenoxy) is 4. The molecule has 3 rings (SSSR count). The Bertz CT molecular complexity index is 870. The van der Waals surface area contributed by atoms with Crippen LogP contribution < -0.4 is 0 Å². The Labute approximate surface area is 163 Å². The lowest BCUT2D eigenvalue weighted by Gasteiger charge is -2.47. The molecule has 158 valence electrons. The lowest BCUT2D eigenvalue weighted by atomic mass is 9.98. The second-order valence-electron chi connectivity index (χ2n) is 6.49. The van der Waals surface area contributed by atoms with Gasteiger partial charge in [-0.1, -0.05) is 30.3 Å². The monoisotopic (exact) mass is 438 g/mol. The van der Waals surface area contributed by atoms with Gasteiger partial charge in [-0.25, -0.2) is 0 Å². The molecule has 0 amide bonds. The molecule has 2 fully saturated rings. The third-order valence-corrected chi connectivity index (χ3v) is 5.30. The maximum atomic E-state index is 11.8. The fourth-order valence-corrected chi connectivity index (χ4v) is 4.36. The third-order valence-electron chi connectivity index (χ3n) is 4.16. The molecule has 0 spiro atoms. The largest absolute Gasteiger partial charge is 0.353 e. The van der Waals surface area contributed by atoms with Gasteiger partial charge in [0.15, 0.2) is 18.7 Å². The molecule has 10 nitrogen and oxygen atoms in total. The zero-order valence-corrected chi connectivity index (χ0v) is 17.1. The smallest absolute Gasteiger partial charge is 0.264 e. The molecule has 0 bridgehead atoms. The molecular formula is C16H22O10S2. The van der Waals surface area contributed by atoms with Crippen LogP contribution in [0.4, 0.5) is 0 Å². The minimum Gasteiger partial charge on any atom is -0.353 e. The van der Waals surface area contributed by atoms with Gasteiger partial charge in [0.25, 0.3) is 20.2 Å². The van der Waals surface area contributed by atoms with Crippen molar-refractivity contribution in [2.24, 2.45) is 0 Å². The number of hydrogen-bond donors (Lipinski definition) is 0. The number of fused-ring (bicyclic) bond motifs is 1. The first-order valence-electron chi connectivity index (χ1n) is 8.34. The molecule has 6 atom stereocenters. The number of methoxy groups -OCH3 is 1. The van der Waals surface area contributed by atoms with Gasteiger partial charge in [0.05, 0.1) is 19.1 Å². The summed E-state index contributed by atoms with van der Waals surface area (Å²) in [6.07, 6.45) is -4.79. The Balaban J connectivity index is 1.93. The molecule has 0 N–H and O–H groups in total. The first kappa shape index (κ1) is 21.6. The van der Waals surface area contributed by atoms with Crippen LogP contribution in [0.1, 0.15) is 11.9 Å². The normalized spacial score (nSPS) is 34.0. The minimum absolute atomic E-state index is 0.0549.